The van der Waals surface area contributed by atoms with Crippen LogP contribution in [0.3, 0.4) is 0 Å². The van der Waals surface area contributed by atoms with Crippen molar-refractivity contribution in [2.75, 3.05) is 7.11 Å². The number of carbonyl (C=O) groups excluding carboxylic acids is 2. The zero-order chi connectivity index (χ0) is 11.7. The lowest BCUT2D eigenvalue weighted by Crippen LogP contribution is -2.15. The third kappa shape index (κ3) is 1.69. The first-order chi connectivity index (χ1) is 7.61. The van der Waals surface area contributed by atoms with Gasteiger partial charge in [-0.1, -0.05) is 0 Å². The van der Waals surface area contributed by atoms with Crippen LogP contribution in [0, 0.1) is 6.92 Å². The summed E-state index contributed by atoms with van der Waals surface area (Å²) in [5.74, 6) is -0.750. The molecule has 1 aromatic heterocycles. The highest BCUT2D eigenvalue weighted by atomic mass is 16.5. The second-order valence-corrected chi connectivity index (χ2v) is 3.43. The van der Waals surface area contributed by atoms with Gasteiger partial charge in [-0.3, -0.25) is 4.79 Å². The maximum Gasteiger partial charge on any atom is 0.379 e. The van der Waals surface area contributed by atoms with Gasteiger partial charge in [0, 0.05) is 10.9 Å². The number of aryl methyl sites for hydroxylation is 1. The van der Waals surface area contributed by atoms with E-state index in [2.05, 4.69) is 4.74 Å². The molecule has 4 nitrogen and oxygen atoms in total. The number of rotatable bonds is 2. The third-order valence-electron chi connectivity index (χ3n) is 2.27. The largest absolute Gasteiger partial charge is 0.463 e. The number of hydrogen-bond donors (Lipinski definition) is 0. The molecule has 0 radical (unpaired) electrons. The lowest BCUT2D eigenvalue weighted by Gasteiger charge is -1.98. The summed E-state index contributed by atoms with van der Waals surface area (Å²) in [5.41, 5.74) is 0.999. The molecule has 16 heavy (non-hydrogen) atoms. The number of ketones is 1. The van der Waals surface area contributed by atoms with Crippen LogP contribution in [-0.2, 0) is 9.53 Å². The number of esters is 1. The topological polar surface area (TPSA) is 56.5 Å². The van der Waals surface area contributed by atoms with Crippen LogP contribution in [0.5, 0.6) is 0 Å². The van der Waals surface area contributed by atoms with E-state index in [9.17, 15) is 9.59 Å². The van der Waals surface area contributed by atoms with Crippen molar-refractivity contribution >= 4 is 22.7 Å². The molecule has 2 rings (SSSR count). The molecule has 0 aliphatic heterocycles. The van der Waals surface area contributed by atoms with Gasteiger partial charge >= 0.3 is 5.97 Å². The molecule has 0 saturated heterocycles. The predicted molar refractivity (Wildman–Crippen MR) is 57.3 cm³/mol. The number of ether oxygens (including phenoxy) is 1. The molecule has 0 saturated carbocycles. The van der Waals surface area contributed by atoms with E-state index in [0.717, 1.165) is 11.1 Å². The molecule has 1 heterocycles. The molecule has 0 spiro atoms. The number of furan rings is 1. The first kappa shape index (κ1) is 10.4. The summed E-state index contributed by atoms with van der Waals surface area (Å²) >= 11 is 0. The summed E-state index contributed by atoms with van der Waals surface area (Å²) in [7, 11) is 1.18. The normalized spacial score (nSPS) is 10.4. The SMILES string of the molecule is COC(=O)C(=O)c1ccc2oc(C)cc2c1. The van der Waals surface area contributed by atoms with E-state index in [1.54, 1.807) is 18.2 Å². The molecular formula is C12H10O4. The van der Waals surface area contributed by atoms with Crippen LogP contribution in [0.25, 0.3) is 11.0 Å². The van der Waals surface area contributed by atoms with E-state index < -0.39 is 11.8 Å². The van der Waals surface area contributed by atoms with Crippen molar-refractivity contribution in [3.63, 3.8) is 0 Å². The van der Waals surface area contributed by atoms with Gasteiger partial charge in [0.15, 0.2) is 0 Å². The molecular weight excluding hydrogens is 208 g/mol. The van der Waals surface area contributed by atoms with E-state index in [-0.39, 0.29) is 0 Å². The van der Waals surface area contributed by atoms with Crippen molar-refractivity contribution < 1.29 is 18.7 Å². The maximum absolute atomic E-state index is 11.5. The molecule has 4 heteroatoms. The molecule has 0 aliphatic rings. The minimum absolute atomic E-state index is 0.306. The van der Waals surface area contributed by atoms with Gasteiger partial charge in [0.2, 0.25) is 0 Å². The first-order valence-electron chi connectivity index (χ1n) is 4.74. The maximum atomic E-state index is 11.5. The van der Waals surface area contributed by atoms with E-state index in [1.807, 2.05) is 13.0 Å². The van der Waals surface area contributed by atoms with E-state index >= 15 is 0 Å². The number of methoxy groups -OCH3 is 1. The Balaban J connectivity index is 2.46. The third-order valence-corrected chi connectivity index (χ3v) is 2.27. The number of carbonyl (C=O) groups is 2. The predicted octanol–water partition coefficient (Wildman–Crippen LogP) is 2.10. The summed E-state index contributed by atoms with van der Waals surface area (Å²) in [6, 6.07) is 6.64. The van der Waals surface area contributed by atoms with E-state index in [1.165, 1.54) is 7.11 Å². The average Bonchev–Trinajstić information content (AvgIpc) is 2.65. The smallest absolute Gasteiger partial charge is 0.379 e. The Morgan fingerprint density at radius 1 is 1.25 bits per heavy atom. The number of fused-ring (bicyclic) bond motifs is 1. The van der Waals surface area contributed by atoms with Gasteiger partial charge in [0.25, 0.3) is 5.78 Å². The quantitative estimate of drug-likeness (QED) is 0.440. The van der Waals surface area contributed by atoms with Crippen LogP contribution in [-0.4, -0.2) is 18.9 Å². The van der Waals surface area contributed by atoms with Crippen LogP contribution in [0.4, 0.5) is 0 Å². The van der Waals surface area contributed by atoms with Gasteiger partial charge in [-0.2, -0.15) is 0 Å². The summed E-state index contributed by atoms with van der Waals surface area (Å²) in [4.78, 5) is 22.6. The van der Waals surface area contributed by atoms with Crippen molar-refractivity contribution in [1.82, 2.24) is 0 Å². The fraction of sp³-hybridized carbons (Fsp3) is 0.167. The Labute approximate surface area is 91.8 Å². The van der Waals surface area contributed by atoms with Crippen LogP contribution >= 0.6 is 0 Å². The monoisotopic (exact) mass is 218 g/mol. The van der Waals surface area contributed by atoms with Gasteiger partial charge in [-0.25, -0.2) is 4.79 Å². The number of benzene rings is 1. The van der Waals surface area contributed by atoms with Crippen molar-refractivity contribution in [3.05, 3.63) is 35.6 Å². The summed E-state index contributed by atoms with van der Waals surface area (Å²) in [6.45, 7) is 1.82. The van der Waals surface area contributed by atoms with Gasteiger partial charge in [-0.15, -0.1) is 0 Å². The van der Waals surface area contributed by atoms with E-state index in [4.69, 9.17) is 4.42 Å². The van der Waals surface area contributed by atoms with Gasteiger partial charge in [-0.05, 0) is 31.2 Å². The van der Waals surface area contributed by atoms with Gasteiger partial charge < -0.3 is 9.15 Å². The Bertz CT molecular complexity index is 565. The molecule has 0 atom stereocenters. The fourth-order valence-corrected chi connectivity index (χ4v) is 1.53. The first-order valence-corrected chi connectivity index (χ1v) is 4.74. The molecule has 0 bridgehead atoms. The molecule has 2 aromatic rings. The number of Topliss-reactive ketones (excluding diaryl/α,β-unsaturated/α-hetero) is 1. The molecule has 0 N–H and O–H groups in total. The summed E-state index contributed by atoms with van der Waals surface area (Å²) in [5, 5.41) is 0.798. The molecule has 82 valence electrons. The highest BCUT2D eigenvalue weighted by Crippen LogP contribution is 2.20. The Morgan fingerprint density at radius 3 is 2.69 bits per heavy atom. The molecule has 0 unspecified atom stereocenters. The van der Waals surface area contributed by atoms with E-state index in [0.29, 0.717) is 11.1 Å². The molecule has 0 fully saturated rings. The zero-order valence-corrected chi connectivity index (χ0v) is 8.94. The van der Waals surface area contributed by atoms with Gasteiger partial charge in [0.05, 0.1) is 7.11 Å². The summed E-state index contributed by atoms with van der Waals surface area (Å²) < 4.78 is 9.73. The number of hydrogen-bond acceptors (Lipinski definition) is 4. The second-order valence-electron chi connectivity index (χ2n) is 3.43. The van der Waals surface area contributed by atoms with Crippen molar-refractivity contribution in [2.24, 2.45) is 0 Å². The zero-order valence-electron chi connectivity index (χ0n) is 8.94. The van der Waals surface area contributed by atoms with Crippen molar-refractivity contribution in [1.29, 1.82) is 0 Å². The van der Waals surface area contributed by atoms with Crippen molar-refractivity contribution in [3.8, 4) is 0 Å². The second kappa shape index (κ2) is 3.81. The molecule has 0 amide bonds. The van der Waals surface area contributed by atoms with Crippen LogP contribution in [0.15, 0.2) is 28.7 Å². The summed E-state index contributed by atoms with van der Waals surface area (Å²) in [6.07, 6.45) is 0. The highest BCUT2D eigenvalue weighted by Gasteiger charge is 2.17. The lowest BCUT2D eigenvalue weighted by atomic mass is 10.1. The Morgan fingerprint density at radius 2 is 2.00 bits per heavy atom. The fourth-order valence-electron chi connectivity index (χ4n) is 1.53. The molecule has 1 aromatic carbocycles. The van der Waals surface area contributed by atoms with Crippen LogP contribution in [0.1, 0.15) is 16.1 Å². The minimum Gasteiger partial charge on any atom is -0.463 e. The van der Waals surface area contributed by atoms with Gasteiger partial charge in [0.1, 0.15) is 11.3 Å². The Kier molecular flexibility index (Phi) is 2.48. The van der Waals surface area contributed by atoms with Crippen molar-refractivity contribution in [2.45, 2.75) is 6.92 Å². The standard InChI is InChI=1S/C12H10O4/c1-7-5-9-6-8(3-4-10(9)16-7)11(13)12(14)15-2/h3-6H,1-2H3. The average molecular weight is 218 g/mol. The lowest BCUT2D eigenvalue weighted by molar-refractivity contribution is -0.135. The van der Waals surface area contributed by atoms with Crippen LogP contribution < -0.4 is 0 Å². The minimum atomic E-state index is -0.862. The Hall–Kier alpha value is -2.10. The molecule has 0 aliphatic carbocycles. The van der Waals surface area contributed by atoms with Crippen LogP contribution in [0.2, 0.25) is 0 Å². The highest BCUT2D eigenvalue weighted by molar-refractivity contribution is 6.40.